The number of amides is 2. The van der Waals surface area contributed by atoms with Crippen LogP contribution < -0.4 is 20.9 Å². The normalized spacial score (nSPS) is 32.4. The lowest BCUT2D eigenvalue weighted by Crippen LogP contribution is -2.61. The Morgan fingerprint density at radius 1 is 1.29 bits per heavy atom. The Kier molecular flexibility index (Phi) is 6.59. The minimum absolute atomic E-state index is 0.0731. The largest absolute Gasteiger partial charge is 0.481 e. The summed E-state index contributed by atoms with van der Waals surface area (Å²) >= 11 is 0. The van der Waals surface area contributed by atoms with Crippen LogP contribution in [0.1, 0.15) is 38.2 Å². The van der Waals surface area contributed by atoms with E-state index in [0.717, 1.165) is 31.2 Å². The van der Waals surface area contributed by atoms with Gasteiger partial charge in [0.25, 0.3) is 0 Å². The summed E-state index contributed by atoms with van der Waals surface area (Å²) in [4.78, 5) is 30.3. The number of nitrogens with one attached hydrogen (secondary N) is 3. The quantitative estimate of drug-likeness (QED) is 0.505. The Bertz CT molecular complexity index is 791. The Morgan fingerprint density at radius 3 is 2.81 bits per heavy atom. The lowest BCUT2D eigenvalue weighted by Gasteiger charge is -2.42. The molecule has 2 aliphatic heterocycles. The Balaban J connectivity index is 1.18. The van der Waals surface area contributed by atoms with Gasteiger partial charge >= 0.3 is 6.09 Å². The van der Waals surface area contributed by atoms with Gasteiger partial charge in [-0.15, -0.1) is 0 Å². The highest BCUT2D eigenvalue weighted by Gasteiger charge is 2.41. The number of carbonyl (C=O) groups excluding carboxylic acids is 2. The molecule has 2 amide bonds. The zero-order valence-corrected chi connectivity index (χ0v) is 17.9. The van der Waals surface area contributed by atoms with Crippen LogP contribution in [-0.2, 0) is 16.0 Å². The maximum absolute atomic E-state index is 12.4. The Labute approximate surface area is 181 Å². The zero-order chi connectivity index (χ0) is 22.0. The molecule has 10 heteroatoms. The predicted molar refractivity (Wildman–Crippen MR) is 111 cm³/mol. The molecule has 6 atom stereocenters. The summed E-state index contributed by atoms with van der Waals surface area (Å²) in [6.07, 6.45) is 4.24. The van der Waals surface area contributed by atoms with Crippen molar-refractivity contribution in [2.75, 3.05) is 13.7 Å². The molecule has 31 heavy (non-hydrogen) atoms. The molecular weight excluding hydrogens is 402 g/mol. The van der Waals surface area contributed by atoms with Crippen LogP contribution in [0, 0.1) is 5.92 Å². The Morgan fingerprint density at radius 2 is 2.13 bits per heavy atom. The van der Waals surface area contributed by atoms with E-state index in [0.29, 0.717) is 18.3 Å². The first kappa shape index (κ1) is 21.8. The van der Waals surface area contributed by atoms with Crippen LogP contribution in [0.3, 0.4) is 0 Å². The van der Waals surface area contributed by atoms with E-state index in [1.165, 1.54) is 0 Å². The average Bonchev–Trinajstić information content (AvgIpc) is 3.41. The number of methoxy groups -OCH3 is 1. The lowest BCUT2D eigenvalue weighted by molar-refractivity contribution is -0.121. The fourth-order valence-electron chi connectivity index (χ4n) is 4.54. The summed E-state index contributed by atoms with van der Waals surface area (Å²) < 4.78 is 10.7. The SMILES string of the molecule is COc1ccc(CC(=O)NC2CC([C@H]3CC[C@@H](OC(=O)N4C[C@H](O)[C@H]4C)C3)NN2)cn1. The Hall–Kier alpha value is -2.43. The number of aliphatic hydroxyl groups excluding tert-OH is 1. The number of likely N-dealkylation sites (tertiary alicyclic amines) is 1. The van der Waals surface area contributed by atoms with E-state index in [1.807, 2.05) is 13.0 Å². The van der Waals surface area contributed by atoms with Gasteiger partial charge in [0.1, 0.15) is 6.10 Å². The van der Waals surface area contributed by atoms with Crippen LogP contribution in [0.5, 0.6) is 5.88 Å². The lowest BCUT2D eigenvalue weighted by atomic mass is 9.96. The van der Waals surface area contributed by atoms with Gasteiger partial charge in [-0.1, -0.05) is 6.07 Å². The molecule has 1 aromatic rings. The number of aromatic nitrogens is 1. The first-order valence-corrected chi connectivity index (χ1v) is 10.9. The van der Waals surface area contributed by atoms with Crippen molar-refractivity contribution in [3.8, 4) is 5.88 Å². The number of aliphatic hydroxyl groups is 1. The van der Waals surface area contributed by atoms with Gasteiger partial charge in [0.15, 0.2) is 0 Å². The van der Waals surface area contributed by atoms with E-state index in [2.05, 4.69) is 21.2 Å². The topological polar surface area (TPSA) is 125 Å². The van der Waals surface area contributed by atoms with Crippen LogP contribution in [0.25, 0.3) is 0 Å². The summed E-state index contributed by atoms with van der Waals surface area (Å²) in [5.41, 5.74) is 7.27. The molecule has 0 aromatic carbocycles. The number of hydrogen-bond acceptors (Lipinski definition) is 8. The maximum atomic E-state index is 12.4. The van der Waals surface area contributed by atoms with Gasteiger partial charge in [-0.05, 0) is 44.1 Å². The summed E-state index contributed by atoms with van der Waals surface area (Å²) in [5, 5.41) is 12.6. The molecule has 1 saturated carbocycles. The van der Waals surface area contributed by atoms with Crippen molar-refractivity contribution in [3.63, 3.8) is 0 Å². The molecule has 2 saturated heterocycles. The number of hydrazine groups is 1. The van der Waals surface area contributed by atoms with Crippen LogP contribution in [0.15, 0.2) is 18.3 Å². The fourth-order valence-corrected chi connectivity index (χ4v) is 4.54. The molecule has 170 valence electrons. The van der Waals surface area contributed by atoms with Crippen LogP contribution in [-0.4, -0.2) is 71.1 Å². The first-order valence-electron chi connectivity index (χ1n) is 10.9. The van der Waals surface area contributed by atoms with E-state index < -0.39 is 6.10 Å². The molecule has 3 heterocycles. The molecule has 1 aliphatic carbocycles. The van der Waals surface area contributed by atoms with Gasteiger partial charge in [0.2, 0.25) is 11.8 Å². The molecule has 0 radical (unpaired) electrons. The second-order valence-corrected chi connectivity index (χ2v) is 8.68. The van der Waals surface area contributed by atoms with E-state index in [1.54, 1.807) is 24.3 Å². The van der Waals surface area contributed by atoms with Crippen molar-refractivity contribution in [3.05, 3.63) is 23.9 Å². The standard InChI is InChI=1S/C21H31N5O5/c1-12-17(27)11-26(12)21(29)31-15-5-4-14(8-15)16-9-18(25-24-16)23-19(28)7-13-3-6-20(30-2)22-10-13/h3,6,10,12,14-18,24-25,27H,4-5,7-9,11H2,1-2H3,(H,23,28)/t12-,14+,15-,16?,17+,18?/m1/s1. The predicted octanol–water partition coefficient (Wildman–Crippen LogP) is 0.312. The fraction of sp³-hybridized carbons (Fsp3) is 0.667. The number of carbonyl (C=O) groups is 2. The first-order chi connectivity index (χ1) is 14.9. The monoisotopic (exact) mass is 433 g/mol. The minimum Gasteiger partial charge on any atom is -0.481 e. The molecular formula is C21H31N5O5. The highest BCUT2D eigenvalue weighted by atomic mass is 16.6. The zero-order valence-electron chi connectivity index (χ0n) is 17.9. The van der Waals surface area contributed by atoms with Crippen LogP contribution >= 0.6 is 0 Å². The molecule has 1 aromatic heterocycles. The van der Waals surface area contributed by atoms with E-state index >= 15 is 0 Å². The van der Waals surface area contributed by atoms with Crippen molar-refractivity contribution in [2.24, 2.45) is 5.92 Å². The number of pyridine rings is 1. The van der Waals surface area contributed by atoms with Gasteiger partial charge < -0.3 is 24.8 Å². The van der Waals surface area contributed by atoms with Crippen molar-refractivity contribution in [1.29, 1.82) is 0 Å². The third-order valence-electron chi connectivity index (χ3n) is 6.57. The number of β-amino-alcohol motifs (C(OH)–C–C–N with tert-alkyl or cyclic N) is 1. The maximum Gasteiger partial charge on any atom is 0.410 e. The third-order valence-corrected chi connectivity index (χ3v) is 6.57. The summed E-state index contributed by atoms with van der Waals surface area (Å²) in [6, 6.07) is 3.60. The molecule has 10 nitrogen and oxygen atoms in total. The number of nitrogens with zero attached hydrogens (tertiary/aromatic N) is 2. The summed E-state index contributed by atoms with van der Waals surface area (Å²) in [6.45, 7) is 2.17. The van der Waals surface area contributed by atoms with Gasteiger partial charge in [-0.2, -0.15) is 0 Å². The van der Waals surface area contributed by atoms with Crippen LogP contribution in [0.2, 0.25) is 0 Å². The number of rotatable bonds is 6. The highest BCUT2D eigenvalue weighted by Crippen LogP contribution is 2.33. The molecule has 3 fully saturated rings. The van der Waals surface area contributed by atoms with Gasteiger partial charge in [0.05, 0.1) is 38.4 Å². The molecule has 4 N–H and O–H groups in total. The van der Waals surface area contributed by atoms with E-state index in [9.17, 15) is 14.7 Å². The van der Waals surface area contributed by atoms with Crippen molar-refractivity contribution in [2.45, 2.75) is 69.5 Å². The molecule has 4 rings (SSSR count). The minimum atomic E-state index is -0.453. The average molecular weight is 434 g/mol. The van der Waals surface area contributed by atoms with E-state index in [-0.39, 0.29) is 42.8 Å². The molecule has 2 unspecified atom stereocenters. The second-order valence-electron chi connectivity index (χ2n) is 8.68. The second kappa shape index (κ2) is 9.37. The van der Waals surface area contributed by atoms with E-state index in [4.69, 9.17) is 9.47 Å². The molecule has 0 bridgehead atoms. The number of ether oxygens (including phenoxy) is 2. The van der Waals surface area contributed by atoms with Gasteiger partial charge in [-0.3, -0.25) is 10.2 Å². The van der Waals surface area contributed by atoms with Gasteiger partial charge in [-0.25, -0.2) is 15.2 Å². The summed E-state index contributed by atoms with van der Waals surface area (Å²) in [7, 11) is 1.55. The van der Waals surface area contributed by atoms with Crippen molar-refractivity contribution in [1.82, 2.24) is 26.1 Å². The van der Waals surface area contributed by atoms with Crippen molar-refractivity contribution < 1.29 is 24.2 Å². The number of hydrogen-bond donors (Lipinski definition) is 4. The molecule has 3 aliphatic rings. The van der Waals surface area contributed by atoms with Gasteiger partial charge in [0, 0.05) is 18.3 Å². The molecule has 0 spiro atoms. The van der Waals surface area contributed by atoms with Crippen molar-refractivity contribution >= 4 is 12.0 Å². The summed E-state index contributed by atoms with van der Waals surface area (Å²) in [5.74, 6) is 0.819. The third kappa shape index (κ3) is 5.08. The van der Waals surface area contributed by atoms with Crippen LogP contribution in [0.4, 0.5) is 4.79 Å². The highest BCUT2D eigenvalue weighted by molar-refractivity contribution is 5.78. The smallest absolute Gasteiger partial charge is 0.410 e.